The summed E-state index contributed by atoms with van der Waals surface area (Å²) in [6.07, 6.45) is 9.84. The number of esters is 2. The maximum Gasteiger partial charge on any atom is 0.308 e. The summed E-state index contributed by atoms with van der Waals surface area (Å²) in [5.74, 6) is 0.622. The highest BCUT2D eigenvalue weighted by molar-refractivity contribution is 5.79. The number of allylic oxidation sites excluding steroid dienone is 4. The quantitative estimate of drug-likeness (QED) is 0.224. The van der Waals surface area contributed by atoms with Gasteiger partial charge in [-0.3, -0.25) is 9.59 Å². The van der Waals surface area contributed by atoms with E-state index < -0.39 is 0 Å². The Hall–Kier alpha value is -4.58. The fourth-order valence-corrected chi connectivity index (χ4v) is 4.79. The van der Waals surface area contributed by atoms with E-state index in [-0.39, 0.29) is 23.8 Å². The van der Waals surface area contributed by atoms with Gasteiger partial charge in [0.25, 0.3) is 0 Å². The molecule has 37 heavy (non-hydrogen) atoms. The molecule has 2 aromatic carbocycles. The Bertz CT molecular complexity index is 1520. The Morgan fingerprint density at radius 1 is 0.784 bits per heavy atom. The molecule has 0 saturated carbocycles. The summed E-state index contributed by atoms with van der Waals surface area (Å²) in [6.45, 7) is 4.93. The van der Waals surface area contributed by atoms with Crippen LogP contribution >= 0.6 is 0 Å². The van der Waals surface area contributed by atoms with E-state index in [1.807, 2.05) is 48.8 Å². The summed E-state index contributed by atoms with van der Waals surface area (Å²) in [4.78, 5) is 29.9. The zero-order valence-corrected chi connectivity index (χ0v) is 20.9. The normalized spacial score (nSPS) is 16.8. The van der Waals surface area contributed by atoms with Gasteiger partial charge < -0.3 is 19.4 Å². The lowest BCUT2D eigenvalue weighted by Crippen LogP contribution is -2.17. The second-order valence-corrected chi connectivity index (χ2v) is 9.20. The van der Waals surface area contributed by atoms with E-state index in [1.165, 1.54) is 13.8 Å². The van der Waals surface area contributed by atoms with Gasteiger partial charge >= 0.3 is 11.9 Å². The van der Waals surface area contributed by atoms with Crippen molar-refractivity contribution >= 4 is 11.9 Å². The summed E-state index contributed by atoms with van der Waals surface area (Å²) < 4.78 is 10.9. The molecule has 2 unspecified atom stereocenters. The molecule has 0 saturated heterocycles. The molecule has 0 radical (unpaired) electrons. The first-order valence-electron chi connectivity index (χ1n) is 12.2. The van der Waals surface area contributed by atoms with Crippen LogP contribution in [0.4, 0.5) is 0 Å². The molecule has 2 N–H and O–H groups in total. The number of aromatic amines is 2. The zero-order chi connectivity index (χ0) is 25.9. The van der Waals surface area contributed by atoms with Crippen LogP contribution in [0.25, 0.3) is 33.5 Å². The van der Waals surface area contributed by atoms with Gasteiger partial charge in [0.2, 0.25) is 0 Å². The Labute approximate surface area is 215 Å². The SMILES string of the molecule is CC(=O)OC1=CC=CC(C)C1c1cc(-c2cccc(-c3c[nH]c(-c4ccccc4OC(C)=O)c3)c2)c[nH]1. The van der Waals surface area contributed by atoms with Crippen LogP contribution in [0.1, 0.15) is 32.4 Å². The molecule has 2 aromatic heterocycles. The molecule has 0 spiro atoms. The maximum absolute atomic E-state index is 11.6. The van der Waals surface area contributed by atoms with Gasteiger partial charge in [0.1, 0.15) is 11.5 Å². The molecule has 2 heterocycles. The molecule has 1 aliphatic rings. The fraction of sp³-hybridized carbons (Fsp3) is 0.161. The summed E-state index contributed by atoms with van der Waals surface area (Å²) >= 11 is 0. The van der Waals surface area contributed by atoms with Crippen molar-refractivity contribution < 1.29 is 19.1 Å². The van der Waals surface area contributed by atoms with Gasteiger partial charge in [-0.05, 0) is 64.6 Å². The Kier molecular flexibility index (Phi) is 6.64. The van der Waals surface area contributed by atoms with E-state index in [4.69, 9.17) is 9.47 Å². The van der Waals surface area contributed by atoms with E-state index >= 15 is 0 Å². The van der Waals surface area contributed by atoms with E-state index in [0.717, 1.165) is 39.2 Å². The maximum atomic E-state index is 11.6. The number of H-pyrrole nitrogens is 2. The molecule has 0 fully saturated rings. The van der Waals surface area contributed by atoms with Gasteiger partial charge in [-0.15, -0.1) is 0 Å². The monoisotopic (exact) mass is 492 g/mol. The van der Waals surface area contributed by atoms with Gasteiger partial charge in [-0.1, -0.05) is 49.4 Å². The Morgan fingerprint density at radius 3 is 2.24 bits per heavy atom. The van der Waals surface area contributed by atoms with Crippen LogP contribution in [0.2, 0.25) is 0 Å². The van der Waals surface area contributed by atoms with E-state index in [0.29, 0.717) is 11.5 Å². The largest absolute Gasteiger partial charge is 0.431 e. The van der Waals surface area contributed by atoms with Crippen molar-refractivity contribution in [1.82, 2.24) is 9.97 Å². The molecule has 5 rings (SSSR count). The highest BCUT2D eigenvalue weighted by Crippen LogP contribution is 2.38. The number of aromatic nitrogens is 2. The highest BCUT2D eigenvalue weighted by Gasteiger charge is 2.28. The molecule has 6 nitrogen and oxygen atoms in total. The summed E-state index contributed by atoms with van der Waals surface area (Å²) in [6, 6.07) is 20.0. The van der Waals surface area contributed by atoms with Crippen LogP contribution in [0, 0.1) is 5.92 Å². The standard InChI is InChI=1S/C31H28N2O4/c1-19-8-6-13-30(37-21(3)35)31(19)28-16-25(18-33-28)23-10-7-9-22(14-23)24-15-27(32-17-24)26-11-4-5-12-29(26)36-20(2)34/h4-19,31-33H,1-3H3. The minimum absolute atomic E-state index is 0.0599. The molecule has 0 aliphatic heterocycles. The van der Waals surface area contributed by atoms with E-state index in [2.05, 4.69) is 53.3 Å². The van der Waals surface area contributed by atoms with Gasteiger partial charge in [0, 0.05) is 43.2 Å². The zero-order valence-electron chi connectivity index (χ0n) is 20.9. The molecule has 2 atom stereocenters. The number of carbonyl (C=O) groups is 2. The number of hydrogen-bond donors (Lipinski definition) is 2. The van der Waals surface area contributed by atoms with Crippen LogP contribution in [-0.2, 0) is 14.3 Å². The lowest BCUT2D eigenvalue weighted by atomic mass is 9.85. The summed E-state index contributed by atoms with van der Waals surface area (Å²) in [5, 5.41) is 0. The minimum atomic E-state index is -0.355. The Balaban J connectivity index is 1.42. The van der Waals surface area contributed by atoms with Crippen molar-refractivity contribution in [3.8, 4) is 39.3 Å². The van der Waals surface area contributed by atoms with Gasteiger partial charge in [0.05, 0.1) is 5.92 Å². The third kappa shape index (κ3) is 5.19. The van der Waals surface area contributed by atoms with Gasteiger partial charge in [-0.25, -0.2) is 0 Å². The molecule has 1 aliphatic carbocycles. The second kappa shape index (κ2) is 10.2. The number of ether oxygens (including phenoxy) is 2. The van der Waals surface area contributed by atoms with Crippen LogP contribution in [-0.4, -0.2) is 21.9 Å². The first-order valence-corrected chi connectivity index (χ1v) is 12.2. The third-order valence-electron chi connectivity index (χ3n) is 6.45. The molecular formula is C31H28N2O4. The molecule has 0 bridgehead atoms. The molecule has 4 aromatic rings. The highest BCUT2D eigenvalue weighted by atomic mass is 16.5. The molecule has 186 valence electrons. The molecule has 6 heteroatoms. The third-order valence-corrected chi connectivity index (χ3v) is 6.45. The van der Waals surface area contributed by atoms with Crippen molar-refractivity contribution in [2.45, 2.75) is 26.7 Å². The van der Waals surface area contributed by atoms with E-state index in [1.54, 1.807) is 6.07 Å². The van der Waals surface area contributed by atoms with Crippen LogP contribution < -0.4 is 4.74 Å². The smallest absolute Gasteiger partial charge is 0.308 e. The minimum Gasteiger partial charge on any atom is -0.431 e. The molecule has 0 amide bonds. The van der Waals surface area contributed by atoms with Crippen molar-refractivity contribution in [3.05, 3.63) is 103 Å². The number of hydrogen-bond acceptors (Lipinski definition) is 4. The fourth-order valence-electron chi connectivity index (χ4n) is 4.79. The number of carbonyl (C=O) groups excluding carboxylic acids is 2. The van der Waals surface area contributed by atoms with Crippen LogP contribution in [0.15, 0.2) is 97.0 Å². The summed E-state index contributed by atoms with van der Waals surface area (Å²) in [5.41, 5.74) is 6.89. The predicted octanol–water partition coefficient (Wildman–Crippen LogP) is 7.01. The van der Waals surface area contributed by atoms with Crippen molar-refractivity contribution in [2.24, 2.45) is 5.92 Å². The van der Waals surface area contributed by atoms with Gasteiger partial charge in [0.15, 0.2) is 0 Å². The van der Waals surface area contributed by atoms with E-state index in [9.17, 15) is 9.59 Å². The second-order valence-electron chi connectivity index (χ2n) is 9.20. The number of benzene rings is 2. The average molecular weight is 493 g/mol. The average Bonchev–Trinajstić information content (AvgIpc) is 3.55. The van der Waals surface area contributed by atoms with Crippen molar-refractivity contribution in [2.75, 3.05) is 0 Å². The first kappa shape index (κ1) is 24.1. The lowest BCUT2D eigenvalue weighted by molar-refractivity contribution is -0.137. The topological polar surface area (TPSA) is 84.2 Å². The predicted molar refractivity (Wildman–Crippen MR) is 144 cm³/mol. The Morgan fingerprint density at radius 2 is 1.49 bits per heavy atom. The van der Waals surface area contributed by atoms with Crippen molar-refractivity contribution in [1.29, 1.82) is 0 Å². The van der Waals surface area contributed by atoms with Gasteiger partial charge in [-0.2, -0.15) is 0 Å². The number of para-hydroxylation sites is 1. The molecular weight excluding hydrogens is 464 g/mol. The van der Waals surface area contributed by atoms with Crippen LogP contribution in [0.5, 0.6) is 5.75 Å². The summed E-state index contributed by atoms with van der Waals surface area (Å²) in [7, 11) is 0. The first-order chi connectivity index (χ1) is 17.9. The number of rotatable bonds is 6. The van der Waals surface area contributed by atoms with Crippen molar-refractivity contribution in [3.63, 3.8) is 0 Å². The number of nitrogens with one attached hydrogen (secondary N) is 2. The van der Waals surface area contributed by atoms with Crippen LogP contribution in [0.3, 0.4) is 0 Å². The lowest BCUT2D eigenvalue weighted by Gasteiger charge is -2.25.